The summed E-state index contributed by atoms with van der Waals surface area (Å²) in [6, 6.07) is 11.2. The third-order valence-electron chi connectivity index (χ3n) is 5.80. The fraction of sp³-hybridized carbons (Fsp3) is 0.333. The van der Waals surface area contributed by atoms with Gasteiger partial charge in [0.2, 0.25) is 0 Å². The van der Waals surface area contributed by atoms with Crippen LogP contribution in [0.4, 0.5) is 11.4 Å². The van der Waals surface area contributed by atoms with Crippen molar-refractivity contribution in [1.29, 1.82) is 0 Å². The molecule has 1 unspecified atom stereocenters. The number of para-hydroxylation sites is 1. The van der Waals surface area contributed by atoms with E-state index in [1.165, 1.54) is 11.6 Å². The highest BCUT2D eigenvalue weighted by molar-refractivity contribution is 8.01. The number of nitro groups is 1. The molecule has 0 amide bonds. The maximum atomic E-state index is 11.3. The van der Waals surface area contributed by atoms with E-state index in [9.17, 15) is 20.3 Å². The van der Waals surface area contributed by atoms with Gasteiger partial charge in [-0.2, -0.15) is 0 Å². The van der Waals surface area contributed by atoms with Gasteiger partial charge in [-0.3, -0.25) is 10.1 Å². The smallest absolute Gasteiger partial charge is 0.270 e. The summed E-state index contributed by atoms with van der Waals surface area (Å²) < 4.78 is 0. The molecule has 2 aliphatic heterocycles. The Morgan fingerprint density at radius 1 is 1.21 bits per heavy atom. The molecule has 0 fully saturated rings. The Balaban J connectivity index is 1.91. The number of β-amino-alcohol motifs (C(OH)–C–C–N with tert-alkyl or cyclic N) is 1. The summed E-state index contributed by atoms with van der Waals surface area (Å²) in [6.45, 7) is 4.56. The summed E-state index contributed by atoms with van der Waals surface area (Å²) in [7, 11) is 0. The van der Waals surface area contributed by atoms with Gasteiger partial charge in [0, 0.05) is 34.7 Å². The summed E-state index contributed by atoms with van der Waals surface area (Å²) in [4.78, 5) is 13.4. The van der Waals surface area contributed by atoms with E-state index in [1.54, 1.807) is 17.8 Å². The van der Waals surface area contributed by atoms with Crippen LogP contribution in [0.15, 0.2) is 47.4 Å². The molecule has 28 heavy (non-hydrogen) atoms. The molecule has 0 saturated carbocycles. The number of fused-ring (bicyclic) bond motifs is 2. The molecular formula is C21H22N2O4S. The first-order chi connectivity index (χ1) is 13.4. The molecule has 6 nitrogen and oxygen atoms in total. The van der Waals surface area contributed by atoms with Crippen molar-refractivity contribution in [2.45, 2.75) is 35.6 Å². The van der Waals surface area contributed by atoms with Crippen LogP contribution in [0.3, 0.4) is 0 Å². The lowest BCUT2D eigenvalue weighted by molar-refractivity contribution is -0.385. The van der Waals surface area contributed by atoms with E-state index >= 15 is 0 Å². The summed E-state index contributed by atoms with van der Waals surface area (Å²) in [5, 5.41) is 30.9. The number of aliphatic hydroxyl groups is 2. The zero-order valence-electron chi connectivity index (χ0n) is 15.8. The topological polar surface area (TPSA) is 86.8 Å². The Morgan fingerprint density at radius 3 is 2.64 bits per heavy atom. The minimum Gasteiger partial charge on any atom is -0.395 e. The van der Waals surface area contributed by atoms with Crippen molar-refractivity contribution in [2.24, 2.45) is 0 Å². The molecule has 146 valence electrons. The summed E-state index contributed by atoms with van der Waals surface area (Å²) in [5.41, 5.74) is 3.25. The van der Waals surface area contributed by atoms with E-state index in [0.29, 0.717) is 12.1 Å². The molecule has 1 atom stereocenters. The fourth-order valence-electron chi connectivity index (χ4n) is 4.37. The molecule has 0 aromatic heterocycles. The van der Waals surface area contributed by atoms with Crippen molar-refractivity contribution < 1.29 is 15.1 Å². The van der Waals surface area contributed by atoms with Gasteiger partial charge in [-0.05, 0) is 28.8 Å². The average Bonchev–Trinajstić information content (AvgIpc) is 2.86. The van der Waals surface area contributed by atoms with E-state index in [2.05, 4.69) is 37.0 Å². The van der Waals surface area contributed by atoms with Gasteiger partial charge >= 0.3 is 0 Å². The van der Waals surface area contributed by atoms with Crippen LogP contribution >= 0.6 is 11.8 Å². The monoisotopic (exact) mass is 398 g/mol. The highest BCUT2D eigenvalue weighted by Crippen LogP contribution is 2.61. The lowest BCUT2D eigenvalue weighted by atomic mass is 9.79. The molecule has 2 heterocycles. The number of benzene rings is 2. The molecule has 0 aliphatic carbocycles. The zero-order chi connectivity index (χ0) is 20.1. The number of rotatable bonds is 4. The number of aliphatic hydroxyl groups excluding tert-OH is 2. The third-order valence-corrected chi connectivity index (χ3v) is 7.68. The normalized spacial score (nSPS) is 21.6. The number of anilines is 1. The van der Waals surface area contributed by atoms with Gasteiger partial charge < -0.3 is 15.1 Å². The van der Waals surface area contributed by atoms with Gasteiger partial charge in [-0.1, -0.05) is 49.9 Å². The fourth-order valence-corrected chi connectivity index (χ4v) is 5.99. The SMILES string of the molecule is CC1(C)c2ccccc2N(CCO)C12C=Cc1cc([N+](=O)[O-])cc(CO)c1S2. The first kappa shape index (κ1) is 19.0. The number of thioether (sulfide) groups is 1. The zero-order valence-corrected chi connectivity index (χ0v) is 16.6. The summed E-state index contributed by atoms with van der Waals surface area (Å²) in [6.07, 6.45) is 4.00. The molecule has 2 aromatic carbocycles. The van der Waals surface area contributed by atoms with Gasteiger partial charge in [0.05, 0.1) is 18.1 Å². The second kappa shape index (κ2) is 6.62. The van der Waals surface area contributed by atoms with Gasteiger partial charge in [-0.25, -0.2) is 0 Å². The van der Waals surface area contributed by atoms with Crippen LogP contribution in [0.5, 0.6) is 0 Å². The van der Waals surface area contributed by atoms with Gasteiger partial charge in [0.1, 0.15) is 4.87 Å². The first-order valence-corrected chi connectivity index (χ1v) is 9.96. The van der Waals surface area contributed by atoms with Crippen LogP contribution in [0, 0.1) is 10.1 Å². The van der Waals surface area contributed by atoms with Crippen molar-refractivity contribution in [2.75, 3.05) is 18.1 Å². The molecule has 2 aliphatic rings. The molecule has 0 radical (unpaired) electrons. The second-order valence-electron chi connectivity index (χ2n) is 7.59. The Hall–Kier alpha value is -2.35. The summed E-state index contributed by atoms with van der Waals surface area (Å²) >= 11 is 1.60. The quantitative estimate of drug-likeness (QED) is 0.603. The minimum absolute atomic E-state index is 0.0144. The predicted octanol–water partition coefficient (Wildman–Crippen LogP) is 3.69. The lowest BCUT2D eigenvalue weighted by Gasteiger charge is -2.47. The van der Waals surface area contributed by atoms with Crippen LogP contribution < -0.4 is 4.90 Å². The van der Waals surface area contributed by atoms with Crippen LogP contribution in [0.2, 0.25) is 0 Å². The number of non-ortho nitro benzene ring substituents is 1. The number of nitrogens with zero attached hydrogens (tertiary/aromatic N) is 2. The Morgan fingerprint density at radius 2 is 1.96 bits per heavy atom. The number of hydrogen-bond acceptors (Lipinski definition) is 6. The molecule has 2 N–H and O–H groups in total. The van der Waals surface area contributed by atoms with E-state index in [0.717, 1.165) is 16.1 Å². The molecule has 0 bridgehead atoms. The largest absolute Gasteiger partial charge is 0.395 e. The van der Waals surface area contributed by atoms with E-state index in [-0.39, 0.29) is 24.3 Å². The highest BCUT2D eigenvalue weighted by atomic mass is 32.2. The van der Waals surface area contributed by atoms with Crippen LogP contribution in [0.25, 0.3) is 6.08 Å². The second-order valence-corrected chi connectivity index (χ2v) is 8.82. The molecule has 7 heteroatoms. The maximum Gasteiger partial charge on any atom is 0.270 e. The third kappa shape index (κ3) is 2.50. The van der Waals surface area contributed by atoms with Gasteiger partial charge in [-0.15, -0.1) is 0 Å². The maximum absolute atomic E-state index is 11.3. The van der Waals surface area contributed by atoms with Gasteiger partial charge in [0.25, 0.3) is 5.69 Å². The van der Waals surface area contributed by atoms with E-state index in [1.807, 2.05) is 18.2 Å². The molecular weight excluding hydrogens is 376 g/mol. The molecule has 1 spiro atoms. The lowest BCUT2D eigenvalue weighted by Crippen LogP contribution is -2.53. The van der Waals surface area contributed by atoms with Gasteiger partial charge in [0.15, 0.2) is 0 Å². The van der Waals surface area contributed by atoms with E-state index in [4.69, 9.17) is 0 Å². The summed E-state index contributed by atoms with van der Waals surface area (Å²) in [5.74, 6) is 0. The predicted molar refractivity (Wildman–Crippen MR) is 111 cm³/mol. The van der Waals surface area contributed by atoms with Crippen LogP contribution in [-0.4, -0.2) is 33.2 Å². The molecule has 4 rings (SSSR count). The number of nitro benzene ring substituents is 1. The highest BCUT2D eigenvalue weighted by Gasteiger charge is 2.57. The van der Waals surface area contributed by atoms with Crippen molar-refractivity contribution in [1.82, 2.24) is 0 Å². The van der Waals surface area contributed by atoms with Crippen molar-refractivity contribution in [3.05, 3.63) is 69.3 Å². The van der Waals surface area contributed by atoms with Crippen LogP contribution in [-0.2, 0) is 12.0 Å². The van der Waals surface area contributed by atoms with Crippen molar-refractivity contribution in [3.63, 3.8) is 0 Å². The Kier molecular flexibility index (Phi) is 4.49. The van der Waals surface area contributed by atoms with Crippen molar-refractivity contribution in [3.8, 4) is 0 Å². The van der Waals surface area contributed by atoms with Crippen LogP contribution in [0.1, 0.15) is 30.5 Å². The molecule has 0 saturated heterocycles. The minimum atomic E-state index is -0.507. The number of hydrogen-bond donors (Lipinski definition) is 2. The average molecular weight is 398 g/mol. The van der Waals surface area contributed by atoms with Crippen molar-refractivity contribution >= 4 is 29.2 Å². The first-order valence-electron chi connectivity index (χ1n) is 9.14. The van der Waals surface area contributed by atoms with E-state index < -0.39 is 9.79 Å². The Labute approximate surface area is 167 Å². The standard InChI is InChI=1S/C21H22N2O4S/c1-20(2)17-5-3-4-6-18(17)22(9-10-24)21(20)8-7-14-11-16(23(26)27)12-15(13-25)19(14)28-21/h3-8,11-12,24-25H,9-10,13H2,1-2H3. The molecule has 2 aromatic rings. The Bertz CT molecular complexity index is 988.